The molecule has 3 rings (SSSR count). The fourth-order valence-electron chi connectivity index (χ4n) is 3.08. The van der Waals surface area contributed by atoms with Gasteiger partial charge in [-0.15, -0.1) is 10.2 Å². The molecule has 2 heterocycles. The van der Waals surface area contributed by atoms with E-state index >= 15 is 0 Å². The summed E-state index contributed by atoms with van der Waals surface area (Å²) >= 11 is 0.631. The average Bonchev–Trinajstić information content (AvgIpc) is 2.92. The van der Waals surface area contributed by atoms with Gasteiger partial charge in [0.25, 0.3) is 0 Å². The molecule has 4 nitrogen and oxygen atoms in total. The van der Waals surface area contributed by atoms with Gasteiger partial charge in [0, 0.05) is 19.1 Å². The summed E-state index contributed by atoms with van der Waals surface area (Å²) in [5, 5.41) is 6.44. The van der Waals surface area contributed by atoms with Crippen molar-refractivity contribution in [2.24, 2.45) is 17.6 Å². The number of fused-ring (bicyclic) bond motifs is 1. The van der Waals surface area contributed by atoms with Crippen LogP contribution >= 0.6 is 11.3 Å². The van der Waals surface area contributed by atoms with Crippen molar-refractivity contribution in [2.45, 2.75) is 31.5 Å². The lowest BCUT2D eigenvalue weighted by molar-refractivity contribution is -0.138. The van der Waals surface area contributed by atoms with Crippen molar-refractivity contribution in [1.29, 1.82) is 0 Å². The molecule has 3 atom stereocenters. The molecule has 1 aliphatic carbocycles. The van der Waals surface area contributed by atoms with Gasteiger partial charge in [-0.25, -0.2) is 0 Å². The summed E-state index contributed by atoms with van der Waals surface area (Å²) in [5.74, 6) is 1.03. The Hall–Kier alpha value is -0.890. The van der Waals surface area contributed by atoms with Gasteiger partial charge in [-0.05, 0) is 31.1 Å². The first-order valence-corrected chi connectivity index (χ1v) is 7.16. The number of nitrogens with zero attached hydrogens (tertiary/aromatic N) is 3. The van der Waals surface area contributed by atoms with E-state index in [0.717, 1.165) is 32.4 Å². The molecular weight excluding hydrogens is 277 g/mol. The highest BCUT2D eigenvalue weighted by Gasteiger charge is 2.40. The van der Waals surface area contributed by atoms with Crippen molar-refractivity contribution in [3.63, 3.8) is 0 Å². The van der Waals surface area contributed by atoms with Crippen LogP contribution in [0.2, 0.25) is 0 Å². The molecule has 0 radical (unpaired) electrons. The van der Waals surface area contributed by atoms with Gasteiger partial charge in [0.15, 0.2) is 0 Å². The average molecular weight is 292 g/mol. The van der Waals surface area contributed by atoms with Crippen LogP contribution in [0.1, 0.15) is 24.3 Å². The summed E-state index contributed by atoms with van der Waals surface area (Å²) in [6.07, 6.45) is -1.36. The molecule has 0 aromatic carbocycles. The van der Waals surface area contributed by atoms with Gasteiger partial charge >= 0.3 is 6.18 Å². The van der Waals surface area contributed by atoms with Crippen LogP contribution < -0.4 is 10.6 Å². The van der Waals surface area contributed by atoms with Gasteiger partial charge in [-0.3, -0.25) is 0 Å². The normalized spacial score (nSPS) is 31.6. The topological polar surface area (TPSA) is 55.0 Å². The smallest absolute Gasteiger partial charge is 0.346 e. The second-order valence-electron chi connectivity index (χ2n) is 5.39. The van der Waals surface area contributed by atoms with Crippen molar-refractivity contribution >= 4 is 16.5 Å². The van der Waals surface area contributed by atoms with Crippen molar-refractivity contribution in [1.82, 2.24) is 10.2 Å². The zero-order chi connectivity index (χ0) is 13.6. The maximum absolute atomic E-state index is 12.5. The van der Waals surface area contributed by atoms with E-state index in [1.807, 2.05) is 4.90 Å². The lowest BCUT2D eigenvalue weighted by Gasteiger charge is -2.27. The Kier molecular flexibility index (Phi) is 3.17. The minimum atomic E-state index is -4.40. The van der Waals surface area contributed by atoms with Crippen LogP contribution in [0.5, 0.6) is 0 Å². The molecular formula is C11H15F3N4S. The van der Waals surface area contributed by atoms with Crippen LogP contribution in [-0.2, 0) is 6.18 Å². The molecule has 0 spiro atoms. The zero-order valence-electron chi connectivity index (χ0n) is 10.2. The predicted molar refractivity (Wildman–Crippen MR) is 65.9 cm³/mol. The Morgan fingerprint density at radius 3 is 2.58 bits per heavy atom. The predicted octanol–water partition coefficient (Wildman–Crippen LogP) is 2.12. The third-order valence-electron chi connectivity index (χ3n) is 4.02. The van der Waals surface area contributed by atoms with Crippen LogP contribution in [0.4, 0.5) is 18.3 Å². The molecule has 1 aromatic rings. The van der Waals surface area contributed by atoms with E-state index in [9.17, 15) is 13.2 Å². The van der Waals surface area contributed by atoms with Crippen LogP contribution in [0, 0.1) is 11.8 Å². The Labute approximate surface area is 112 Å². The Balaban J connectivity index is 1.72. The van der Waals surface area contributed by atoms with E-state index in [-0.39, 0.29) is 6.04 Å². The Morgan fingerprint density at radius 1 is 1.16 bits per heavy atom. The summed E-state index contributed by atoms with van der Waals surface area (Å²) < 4.78 is 37.5. The summed E-state index contributed by atoms with van der Waals surface area (Å²) in [5.41, 5.74) is 5.94. The molecule has 0 bridgehead atoms. The molecule has 2 fully saturated rings. The minimum Gasteiger partial charge on any atom is -0.346 e. The third-order valence-corrected chi connectivity index (χ3v) is 5.05. The number of aromatic nitrogens is 2. The highest BCUT2D eigenvalue weighted by molar-refractivity contribution is 7.15. The maximum atomic E-state index is 12.5. The van der Waals surface area contributed by atoms with Crippen molar-refractivity contribution in [3.8, 4) is 0 Å². The van der Waals surface area contributed by atoms with E-state index in [2.05, 4.69) is 10.2 Å². The van der Waals surface area contributed by atoms with E-state index in [1.54, 1.807) is 0 Å². The highest BCUT2D eigenvalue weighted by Crippen LogP contribution is 2.40. The Bertz CT molecular complexity index is 461. The summed E-state index contributed by atoms with van der Waals surface area (Å²) in [6, 6.07) is 0.237. The third kappa shape index (κ3) is 2.55. The van der Waals surface area contributed by atoms with E-state index < -0.39 is 11.2 Å². The second-order valence-corrected chi connectivity index (χ2v) is 6.34. The number of nitrogens with two attached hydrogens (primary N) is 1. The Morgan fingerprint density at radius 2 is 1.89 bits per heavy atom. The fraction of sp³-hybridized carbons (Fsp3) is 0.818. The quantitative estimate of drug-likeness (QED) is 0.861. The molecule has 1 aromatic heterocycles. The van der Waals surface area contributed by atoms with Gasteiger partial charge in [0.05, 0.1) is 0 Å². The maximum Gasteiger partial charge on any atom is 0.445 e. The standard InChI is InChI=1S/C11H15F3N4S/c12-11(13,14)9-16-17-10(19-9)18-4-6-1-2-8(15)3-7(6)5-18/h6-8H,1-5,15H2/t6-,7+,8?/m1/s1. The summed E-state index contributed by atoms with van der Waals surface area (Å²) in [6.45, 7) is 1.54. The van der Waals surface area contributed by atoms with Gasteiger partial charge in [0.2, 0.25) is 10.1 Å². The first-order chi connectivity index (χ1) is 8.93. The minimum absolute atomic E-state index is 0.237. The van der Waals surface area contributed by atoms with Crippen LogP contribution in [0.3, 0.4) is 0 Å². The molecule has 19 heavy (non-hydrogen) atoms. The summed E-state index contributed by atoms with van der Waals surface area (Å²) in [7, 11) is 0. The molecule has 1 saturated carbocycles. The lowest BCUT2D eigenvalue weighted by atomic mass is 9.79. The lowest BCUT2D eigenvalue weighted by Crippen LogP contribution is -2.32. The monoisotopic (exact) mass is 292 g/mol. The summed E-state index contributed by atoms with van der Waals surface area (Å²) in [4.78, 5) is 1.93. The number of rotatable bonds is 1. The molecule has 2 N–H and O–H groups in total. The first kappa shape index (κ1) is 13.1. The van der Waals surface area contributed by atoms with Crippen molar-refractivity contribution in [2.75, 3.05) is 18.0 Å². The van der Waals surface area contributed by atoms with E-state index in [4.69, 9.17) is 5.73 Å². The molecule has 106 valence electrons. The fourth-order valence-corrected chi connectivity index (χ4v) is 3.81. The number of hydrogen-bond donors (Lipinski definition) is 1. The van der Waals surface area contributed by atoms with Gasteiger partial charge in [0.1, 0.15) is 0 Å². The second kappa shape index (κ2) is 4.59. The first-order valence-electron chi connectivity index (χ1n) is 6.34. The van der Waals surface area contributed by atoms with Crippen molar-refractivity contribution in [3.05, 3.63) is 5.01 Å². The van der Waals surface area contributed by atoms with E-state index in [1.165, 1.54) is 0 Å². The zero-order valence-corrected chi connectivity index (χ0v) is 11.0. The van der Waals surface area contributed by atoms with Crippen LogP contribution in [-0.4, -0.2) is 29.3 Å². The SMILES string of the molecule is NC1CC[C@@H]2CN(c3nnc(C(F)(F)F)s3)C[C@@H]2C1. The molecule has 2 aliphatic rings. The largest absolute Gasteiger partial charge is 0.445 e. The number of halogens is 3. The van der Waals surface area contributed by atoms with Gasteiger partial charge in [-0.2, -0.15) is 13.2 Å². The van der Waals surface area contributed by atoms with Crippen molar-refractivity contribution < 1.29 is 13.2 Å². The number of alkyl halides is 3. The molecule has 1 unspecified atom stereocenters. The van der Waals surface area contributed by atoms with Crippen LogP contribution in [0.15, 0.2) is 0 Å². The van der Waals surface area contributed by atoms with Gasteiger partial charge < -0.3 is 10.6 Å². The number of hydrogen-bond acceptors (Lipinski definition) is 5. The number of anilines is 1. The van der Waals surface area contributed by atoms with Crippen LogP contribution in [0.25, 0.3) is 0 Å². The molecule has 1 saturated heterocycles. The molecule has 8 heteroatoms. The highest BCUT2D eigenvalue weighted by atomic mass is 32.1. The molecule has 1 aliphatic heterocycles. The van der Waals surface area contributed by atoms with Gasteiger partial charge in [-0.1, -0.05) is 11.3 Å². The van der Waals surface area contributed by atoms with E-state index in [0.29, 0.717) is 28.3 Å². The molecule has 0 amide bonds.